The number of nitrogens with zero attached hydrogens (tertiary/aromatic N) is 1. The Morgan fingerprint density at radius 1 is 0.885 bits per heavy atom. The number of rotatable bonds is 7. The standard InChI is InChI=1S/C22H23N3O/c1-17(18-10-4-2-5-11-18)25-21(26)16-24-22(19-12-6-3-7-13-19)20-14-8-9-15-23-20/h2-15,17,22,24H,16H2,1H3,(H,25,26)/t17-,22-/m1/s1. The molecule has 4 nitrogen and oxygen atoms in total. The molecule has 0 spiro atoms. The first-order valence-electron chi connectivity index (χ1n) is 8.77. The Labute approximate surface area is 154 Å². The zero-order valence-electron chi connectivity index (χ0n) is 14.8. The molecule has 2 N–H and O–H groups in total. The number of pyridine rings is 1. The van der Waals surface area contributed by atoms with E-state index in [9.17, 15) is 4.79 Å². The normalized spacial score (nSPS) is 13.0. The molecule has 1 aromatic heterocycles. The van der Waals surface area contributed by atoms with Crippen LogP contribution < -0.4 is 10.6 Å². The van der Waals surface area contributed by atoms with Crippen LogP contribution in [0, 0.1) is 0 Å². The van der Waals surface area contributed by atoms with Gasteiger partial charge in [-0.25, -0.2) is 0 Å². The maximum atomic E-state index is 12.4. The van der Waals surface area contributed by atoms with E-state index in [1.807, 2.05) is 85.8 Å². The maximum absolute atomic E-state index is 12.4. The highest BCUT2D eigenvalue weighted by molar-refractivity contribution is 5.78. The number of aromatic nitrogens is 1. The highest BCUT2D eigenvalue weighted by Gasteiger charge is 2.17. The lowest BCUT2D eigenvalue weighted by atomic mass is 10.0. The first kappa shape index (κ1) is 17.8. The zero-order chi connectivity index (χ0) is 18.2. The fourth-order valence-electron chi connectivity index (χ4n) is 2.90. The summed E-state index contributed by atoms with van der Waals surface area (Å²) in [6, 6.07) is 25.6. The molecule has 0 aliphatic heterocycles. The third-order valence-corrected chi connectivity index (χ3v) is 4.26. The van der Waals surface area contributed by atoms with E-state index in [4.69, 9.17) is 0 Å². The van der Waals surface area contributed by atoms with E-state index >= 15 is 0 Å². The molecule has 132 valence electrons. The van der Waals surface area contributed by atoms with Crippen LogP contribution in [-0.2, 0) is 4.79 Å². The smallest absolute Gasteiger partial charge is 0.234 e. The summed E-state index contributed by atoms with van der Waals surface area (Å²) in [7, 11) is 0. The number of carbonyl (C=O) groups excluding carboxylic acids is 1. The molecule has 2 atom stereocenters. The molecular formula is C22H23N3O. The Balaban J connectivity index is 1.65. The zero-order valence-corrected chi connectivity index (χ0v) is 14.8. The summed E-state index contributed by atoms with van der Waals surface area (Å²) in [6.45, 7) is 2.20. The second-order valence-electron chi connectivity index (χ2n) is 6.18. The van der Waals surface area contributed by atoms with Crippen LogP contribution in [-0.4, -0.2) is 17.4 Å². The van der Waals surface area contributed by atoms with E-state index in [1.54, 1.807) is 6.20 Å². The van der Waals surface area contributed by atoms with Gasteiger partial charge in [0.25, 0.3) is 0 Å². The van der Waals surface area contributed by atoms with Crippen molar-refractivity contribution < 1.29 is 4.79 Å². The van der Waals surface area contributed by atoms with Gasteiger partial charge in [0.15, 0.2) is 0 Å². The van der Waals surface area contributed by atoms with E-state index in [2.05, 4.69) is 15.6 Å². The summed E-state index contributed by atoms with van der Waals surface area (Å²) >= 11 is 0. The van der Waals surface area contributed by atoms with Crippen LogP contribution in [0.5, 0.6) is 0 Å². The van der Waals surface area contributed by atoms with Crippen LogP contribution in [0.2, 0.25) is 0 Å². The van der Waals surface area contributed by atoms with Crippen LogP contribution in [0.3, 0.4) is 0 Å². The molecule has 0 aliphatic carbocycles. The van der Waals surface area contributed by atoms with Gasteiger partial charge in [-0.1, -0.05) is 66.7 Å². The molecule has 4 heteroatoms. The molecule has 0 saturated carbocycles. The van der Waals surface area contributed by atoms with Crippen molar-refractivity contribution >= 4 is 5.91 Å². The first-order chi connectivity index (χ1) is 12.7. The van der Waals surface area contributed by atoms with Crippen LogP contribution in [0.1, 0.15) is 35.8 Å². The molecule has 0 aliphatic rings. The van der Waals surface area contributed by atoms with Gasteiger partial charge in [-0.15, -0.1) is 0 Å². The summed E-state index contributed by atoms with van der Waals surface area (Å²) in [5, 5.41) is 6.37. The second kappa shape index (κ2) is 8.92. The number of hydrogen-bond donors (Lipinski definition) is 2. The summed E-state index contributed by atoms with van der Waals surface area (Å²) in [6.07, 6.45) is 1.77. The Morgan fingerprint density at radius 3 is 2.12 bits per heavy atom. The van der Waals surface area contributed by atoms with Crippen LogP contribution in [0.4, 0.5) is 0 Å². The molecule has 3 aromatic rings. The number of nitrogens with one attached hydrogen (secondary N) is 2. The Morgan fingerprint density at radius 2 is 1.50 bits per heavy atom. The Hall–Kier alpha value is -2.98. The highest BCUT2D eigenvalue weighted by atomic mass is 16.1. The minimum Gasteiger partial charge on any atom is -0.348 e. The predicted molar refractivity (Wildman–Crippen MR) is 104 cm³/mol. The van der Waals surface area contributed by atoms with Crippen molar-refractivity contribution in [1.29, 1.82) is 0 Å². The van der Waals surface area contributed by atoms with E-state index < -0.39 is 0 Å². The molecule has 0 unspecified atom stereocenters. The molecule has 0 saturated heterocycles. The summed E-state index contributed by atoms with van der Waals surface area (Å²) < 4.78 is 0. The monoisotopic (exact) mass is 345 g/mol. The van der Waals surface area contributed by atoms with Gasteiger partial charge < -0.3 is 5.32 Å². The first-order valence-corrected chi connectivity index (χ1v) is 8.77. The van der Waals surface area contributed by atoms with Crippen LogP contribution in [0.15, 0.2) is 85.1 Å². The molecule has 26 heavy (non-hydrogen) atoms. The van der Waals surface area contributed by atoms with Crippen molar-refractivity contribution in [2.24, 2.45) is 0 Å². The van der Waals surface area contributed by atoms with Gasteiger partial charge in [0, 0.05) is 6.20 Å². The Kier molecular flexibility index (Phi) is 6.12. The molecule has 0 bridgehead atoms. The molecule has 3 rings (SSSR count). The van der Waals surface area contributed by atoms with E-state index in [-0.39, 0.29) is 24.5 Å². The number of amides is 1. The van der Waals surface area contributed by atoms with Gasteiger partial charge >= 0.3 is 0 Å². The molecule has 0 fully saturated rings. The molecule has 2 aromatic carbocycles. The van der Waals surface area contributed by atoms with Crippen molar-refractivity contribution in [3.05, 3.63) is 102 Å². The quantitative estimate of drug-likeness (QED) is 0.687. The topological polar surface area (TPSA) is 54.0 Å². The summed E-state index contributed by atoms with van der Waals surface area (Å²) in [5.41, 5.74) is 3.06. The Bertz CT molecular complexity index is 767. The lowest BCUT2D eigenvalue weighted by Gasteiger charge is -2.20. The number of hydrogen-bond acceptors (Lipinski definition) is 3. The molecule has 0 radical (unpaired) electrons. The van der Waals surface area contributed by atoms with Gasteiger partial charge in [-0.05, 0) is 30.2 Å². The molecular weight excluding hydrogens is 322 g/mol. The number of carbonyl (C=O) groups is 1. The minimum atomic E-state index is -0.129. The van der Waals surface area contributed by atoms with Crippen molar-refractivity contribution in [1.82, 2.24) is 15.6 Å². The summed E-state index contributed by atoms with van der Waals surface area (Å²) in [4.78, 5) is 16.8. The van der Waals surface area contributed by atoms with Crippen LogP contribution >= 0.6 is 0 Å². The van der Waals surface area contributed by atoms with Gasteiger partial charge in [-0.2, -0.15) is 0 Å². The largest absolute Gasteiger partial charge is 0.348 e. The average Bonchev–Trinajstić information content (AvgIpc) is 2.70. The highest BCUT2D eigenvalue weighted by Crippen LogP contribution is 2.19. The van der Waals surface area contributed by atoms with Crippen molar-refractivity contribution in [3.8, 4) is 0 Å². The SMILES string of the molecule is C[C@@H](NC(=O)CN[C@H](c1ccccc1)c1ccccn1)c1ccccc1. The predicted octanol–water partition coefficient (Wildman–Crippen LogP) is 3.64. The molecule has 1 amide bonds. The molecule has 1 heterocycles. The van der Waals surface area contributed by atoms with Crippen molar-refractivity contribution in [2.45, 2.75) is 19.0 Å². The van der Waals surface area contributed by atoms with Gasteiger partial charge in [-0.3, -0.25) is 15.1 Å². The minimum absolute atomic E-state index is 0.0319. The van der Waals surface area contributed by atoms with Gasteiger partial charge in [0.05, 0.1) is 24.3 Å². The summed E-state index contributed by atoms with van der Waals surface area (Å²) in [5.74, 6) is -0.0433. The average molecular weight is 345 g/mol. The van der Waals surface area contributed by atoms with Crippen molar-refractivity contribution in [3.63, 3.8) is 0 Å². The van der Waals surface area contributed by atoms with Crippen LogP contribution in [0.25, 0.3) is 0 Å². The fraction of sp³-hybridized carbons (Fsp3) is 0.182. The number of benzene rings is 2. The third-order valence-electron chi connectivity index (χ3n) is 4.26. The van der Waals surface area contributed by atoms with E-state index in [1.165, 1.54) is 0 Å². The third kappa shape index (κ3) is 4.77. The lowest BCUT2D eigenvalue weighted by molar-refractivity contribution is -0.121. The van der Waals surface area contributed by atoms with Gasteiger partial charge in [0.1, 0.15) is 0 Å². The second-order valence-corrected chi connectivity index (χ2v) is 6.18. The lowest BCUT2D eigenvalue weighted by Crippen LogP contribution is -2.37. The fourth-order valence-corrected chi connectivity index (χ4v) is 2.90. The van der Waals surface area contributed by atoms with E-state index in [0.717, 1.165) is 16.8 Å². The van der Waals surface area contributed by atoms with Gasteiger partial charge in [0.2, 0.25) is 5.91 Å². The van der Waals surface area contributed by atoms with Crippen molar-refractivity contribution in [2.75, 3.05) is 6.54 Å². The maximum Gasteiger partial charge on any atom is 0.234 e. The van der Waals surface area contributed by atoms with E-state index in [0.29, 0.717) is 0 Å².